The summed E-state index contributed by atoms with van der Waals surface area (Å²) in [4.78, 5) is 0. The predicted octanol–water partition coefficient (Wildman–Crippen LogP) is 4.06. The lowest BCUT2D eigenvalue weighted by Gasteiger charge is -2.33. The molecule has 0 radical (unpaired) electrons. The summed E-state index contributed by atoms with van der Waals surface area (Å²) in [6, 6.07) is 20.2. The summed E-state index contributed by atoms with van der Waals surface area (Å²) in [6.07, 6.45) is 6.66. The maximum absolute atomic E-state index is 11.6. The van der Waals surface area contributed by atoms with E-state index in [-0.39, 0.29) is 11.8 Å². The fraction of sp³-hybridized carbons (Fsp3) is 0.304. The molecule has 2 N–H and O–H groups in total. The van der Waals surface area contributed by atoms with Crippen LogP contribution in [0.5, 0.6) is 0 Å². The Hall–Kier alpha value is -2.16. The van der Waals surface area contributed by atoms with Crippen molar-refractivity contribution in [2.75, 3.05) is 0 Å². The molecule has 2 aromatic rings. The summed E-state index contributed by atoms with van der Waals surface area (Å²) in [7, 11) is 0. The molecule has 5 rings (SSSR count). The molecule has 0 saturated heterocycles. The summed E-state index contributed by atoms with van der Waals surface area (Å²) in [5.74, 6) is 0.252. The van der Waals surface area contributed by atoms with Gasteiger partial charge < -0.3 is 10.2 Å². The second-order valence-electron chi connectivity index (χ2n) is 7.73. The largest absolute Gasteiger partial charge is 0.382 e. The van der Waals surface area contributed by atoms with Crippen LogP contribution in [0.4, 0.5) is 0 Å². The van der Waals surface area contributed by atoms with E-state index >= 15 is 0 Å². The normalized spacial score (nSPS) is 38.8. The molecule has 2 heteroatoms. The molecule has 25 heavy (non-hydrogen) atoms. The average Bonchev–Trinajstić information content (AvgIpc) is 3.07. The minimum atomic E-state index is -1.10. The van der Waals surface area contributed by atoms with Gasteiger partial charge in [0.25, 0.3) is 0 Å². The van der Waals surface area contributed by atoms with Crippen LogP contribution in [0.3, 0.4) is 0 Å². The van der Waals surface area contributed by atoms with Gasteiger partial charge in [-0.1, -0.05) is 72.8 Å². The molecule has 3 fully saturated rings. The van der Waals surface area contributed by atoms with Crippen LogP contribution in [0.15, 0.2) is 71.8 Å². The lowest BCUT2D eigenvalue weighted by molar-refractivity contribution is -0.0743. The minimum absolute atomic E-state index is 0.126. The Kier molecular flexibility index (Phi) is 3.13. The zero-order valence-corrected chi connectivity index (χ0v) is 14.1. The van der Waals surface area contributed by atoms with Gasteiger partial charge in [-0.05, 0) is 53.4 Å². The lowest BCUT2D eigenvalue weighted by atomic mass is 9.79. The Morgan fingerprint density at radius 2 is 1.08 bits per heavy atom. The smallest absolute Gasteiger partial charge is 0.122 e. The molecule has 0 aliphatic heterocycles. The fourth-order valence-corrected chi connectivity index (χ4v) is 5.46. The first-order chi connectivity index (χ1) is 12.1. The van der Waals surface area contributed by atoms with Gasteiger partial charge in [-0.15, -0.1) is 0 Å². The monoisotopic (exact) mass is 330 g/mol. The van der Waals surface area contributed by atoms with E-state index in [4.69, 9.17) is 0 Å². The average molecular weight is 330 g/mol. The Morgan fingerprint density at radius 3 is 1.48 bits per heavy atom. The molecule has 126 valence electrons. The van der Waals surface area contributed by atoms with Crippen LogP contribution < -0.4 is 0 Å². The van der Waals surface area contributed by atoms with Gasteiger partial charge in [0.05, 0.1) is 0 Å². The van der Waals surface area contributed by atoms with E-state index in [1.54, 1.807) is 0 Å². The predicted molar refractivity (Wildman–Crippen MR) is 99.6 cm³/mol. The maximum atomic E-state index is 11.6. The lowest BCUT2D eigenvalue weighted by Crippen LogP contribution is -2.48. The van der Waals surface area contributed by atoms with Crippen molar-refractivity contribution in [2.45, 2.75) is 30.5 Å². The van der Waals surface area contributed by atoms with Crippen LogP contribution in [0, 0.1) is 11.8 Å². The van der Waals surface area contributed by atoms with Crippen molar-refractivity contribution >= 4 is 12.2 Å². The van der Waals surface area contributed by atoms with Crippen molar-refractivity contribution < 1.29 is 10.2 Å². The van der Waals surface area contributed by atoms with Crippen molar-refractivity contribution in [3.8, 4) is 0 Å². The van der Waals surface area contributed by atoms with Crippen molar-refractivity contribution in [1.82, 2.24) is 0 Å². The first-order valence-corrected chi connectivity index (χ1v) is 9.09. The highest BCUT2D eigenvalue weighted by molar-refractivity contribution is 5.67. The van der Waals surface area contributed by atoms with Crippen LogP contribution in [-0.2, 0) is 0 Å². The first kappa shape index (κ1) is 15.1. The highest BCUT2D eigenvalue weighted by Gasteiger charge is 2.75. The van der Waals surface area contributed by atoms with Crippen molar-refractivity contribution in [3.05, 3.63) is 82.9 Å². The third-order valence-corrected chi connectivity index (χ3v) is 6.52. The molecular formula is C23H22O2. The zero-order valence-electron chi connectivity index (χ0n) is 14.1. The molecule has 2 aromatic carbocycles. The summed E-state index contributed by atoms with van der Waals surface area (Å²) in [5.41, 5.74) is 1.98. The second kappa shape index (κ2) is 5.17. The first-order valence-electron chi connectivity index (χ1n) is 9.09. The molecule has 0 spiro atoms. The number of hydrogen-bond acceptors (Lipinski definition) is 2. The van der Waals surface area contributed by atoms with Crippen LogP contribution in [0.1, 0.15) is 30.4 Å². The minimum Gasteiger partial charge on any atom is -0.382 e. The summed E-state index contributed by atoms with van der Waals surface area (Å²) in [6.45, 7) is 0. The van der Waals surface area contributed by atoms with Crippen LogP contribution in [0.25, 0.3) is 12.2 Å². The van der Waals surface area contributed by atoms with Crippen molar-refractivity contribution in [1.29, 1.82) is 0 Å². The van der Waals surface area contributed by atoms with Gasteiger partial charge in [-0.25, -0.2) is 0 Å². The van der Waals surface area contributed by atoms with Gasteiger partial charge in [0.1, 0.15) is 11.2 Å². The Labute approximate surface area is 148 Å². The van der Waals surface area contributed by atoms with Gasteiger partial charge in [0.2, 0.25) is 0 Å². The SMILES string of the molecule is OC12/C(=C/c3ccccc3)CC3CC1C/C(=C\c1ccccc1)C32O. The van der Waals surface area contributed by atoms with E-state index in [9.17, 15) is 10.2 Å². The quantitative estimate of drug-likeness (QED) is 0.872. The summed E-state index contributed by atoms with van der Waals surface area (Å²) < 4.78 is 0. The van der Waals surface area contributed by atoms with E-state index in [1.807, 2.05) is 36.4 Å². The van der Waals surface area contributed by atoms with E-state index in [2.05, 4.69) is 36.4 Å². The summed E-state index contributed by atoms with van der Waals surface area (Å²) >= 11 is 0. The number of benzene rings is 2. The number of aliphatic hydroxyl groups is 2. The van der Waals surface area contributed by atoms with Crippen LogP contribution in [-0.4, -0.2) is 21.4 Å². The van der Waals surface area contributed by atoms with Crippen molar-refractivity contribution in [3.63, 3.8) is 0 Å². The third kappa shape index (κ3) is 1.92. The summed E-state index contributed by atoms with van der Waals surface area (Å²) in [5, 5.41) is 23.2. The molecule has 3 aliphatic rings. The van der Waals surface area contributed by atoms with Crippen LogP contribution >= 0.6 is 0 Å². The Balaban J connectivity index is 1.58. The van der Waals surface area contributed by atoms with Gasteiger partial charge >= 0.3 is 0 Å². The van der Waals surface area contributed by atoms with E-state index in [0.29, 0.717) is 0 Å². The maximum Gasteiger partial charge on any atom is 0.122 e. The zero-order chi connectivity index (χ0) is 17.1. The standard InChI is InChI=1S/C23H22O2/c24-22-18(11-16-7-3-1-4-8-16)13-20-15-21(22)14-19(23(20,22)25)12-17-9-5-2-6-10-17/h1-12,20-21,24-25H,13-15H2/b18-11+,19-12+. The number of hydrogen-bond donors (Lipinski definition) is 2. The highest BCUT2D eigenvalue weighted by atomic mass is 16.4. The fourth-order valence-electron chi connectivity index (χ4n) is 5.46. The Bertz CT molecular complexity index is 794. The molecule has 4 atom stereocenters. The molecule has 0 heterocycles. The van der Waals surface area contributed by atoms with Crippen molar-refractivity contribution in [2.24, 2.45) is 11.8 Å². The third-order valence-electron chi connectivity index (χ3n) is 6.52. The molecule has 3 aliphatic carbocycles. The molecule has 0 amide bonds. The Morgan fingerprint density at radius 1 is 0.680 bits per heavy atom. The topological polar surface area (TPSA) is 40.5 Å². The highest BCUT2D eigenvalue weighted by Crippen LogP contribution is 2.70. The molecule has 3 saturated carbocycles. The second-order valence-corrected chi connectivity index (χ2v) is 7.73. The van der Waals surface area contributed by atoms with Gasteiger partial charge in [-0.3, -0.25) is 0 Å². The molecule has 0 aromatic heterocycles. The van der Waals surface area contributed by atoms with Gasteiger partial charge in [0.15, 0.2) is 0 Å². The number of rotatable bonds is 2. The van der Waals surface area contributed by atoms with Crippen LogP contribution in [0.2, 0.25) is 0 Å². The van der Waals surface area contributed by atoms with E-state index in [1.165, 1.54) is 0 Å². The molecule has 4 bridgehead atoms. The van der Waals surface area contributed by atoms with E-state index in [0.717, 1.165) is 41.5 Å². The van der Waals surface area contributed by atoms with Gasteiger partial charge in [-0.2, -0.15) is 0 Å². The molecule has 2 nitrogen and oxygen atoms in total. The molecule has 4 unspecified atom stereocenters. The molecular weight excluding hydrogens is 308 g/mol. The van der Waals surface area contributed by atoms with E-state index < -0.39 is 11.2 Å². The van der Waals surface area contributed by atoms with Gasteiger partial charge in [0, 0.05) is 0 Å².